The van der Waals surface area contributed by atoms with Crippen LogP contribution in [0.4, 0.5) is 0 Å². The van der Waals surface area contributed by atoms with E-state index in [9.17, 15) is 0 Å². The van der Waals surface area contributed by atoms with Gasteiger partial charge in [0.1, 0.15) is 12.4 Å². The molecule has 0 saturated heterocycles. The first kappa shape index (κ1) is 26.9. The molecule has 0 aliphatic rings. The van der Waals surface area contributed by atoms with Crippen LogP contribution < -0.4 is 15.3 Å². The maximum absolute atomic E-state index is 6.74. The Kier molecular flexibility index (Phi) is 8.65. The molecule has 0 amide bonds. The van der Waals surface area contributed by atoms with Crippen LogP contribution in [0.2, 0.25) is 0 Å². The average Bonchev–Trinajstić information content (AvgIpc) is 2.78. The van der Waals surface area contributed by atoms with Gasteiger partial charge in [0.25, 0.3) is 0 Å². The first-order valence-electron chi connectivity index (χ1n) is 12.3. The summed E-state index contributed by atoms with van der Waals surface area (Å²) in [4.78, 5) is 0. The second-order valence-corrected chi connectivity index (χ2v) is 15.0. The standard InChI is InChI=1S/C31H42OP2/c1-10-31(7,33-29-23(3)15-14-18-27(29)34(8)9)26-20-22(2)19-25(30(4,5)6)28(26)32-21-24-16-12-11-13-17-24/h11-20,33H,10,21H2,1-9H3. The molecule has 0 radical (unpaired) electrons. The van der Waals surface area contributed by atoms with Crippen molar-refractivity contribution in [1.82, 2.24) is 0 Å². The van der Waals surface area contributed by atoms with Gasteiger partial charge in [-0.2, -0.15) is 0 Å². The first-order valence-corrected chi connectivity index (χ1v) is 15.6. The summed E-state index contributed by atoms with van der Waals surface area (Å²) in [5.74, 6) is 1.09. The van der Waals surface area contributed by atoms with Gasteiger partial charge in [-0.05, 0) is 60.7 Å². The number of hydrogen-bond acceptors (Lipinski definition) is 1. The van der Waals surface area contributed by atoms with Crippen molar-refractivity contribution in [3.63, 3.8) is 0 Å². The third kappa shape index (κ3) is 6.11. The molecule has 2 unspecified atom stereocenters. The maximum Gasteiger partial charge on any atom is 0.127 e. The Morgan fingerprint density at radius 3 is 2.09 bits per heavy atom. The minimum absolute atomic E-state index is 0.000460. The number of ether oxygens (including phenoxy) is 1. The van der Waals surface area contributed by atoms with Crippen LogP contribution in [0.25, 0.3) is 0 Å². The number of hydrogen-bond donors (Lipinski definition) is 0. The lowest BCUT2D eigenvalue weighted by Crippen LogP contribution is -2.28. The van der Waals surface area contributed by atoms with Crippen molar-refractivity contribution in [2.75, 3.05) is 13.3 Å². The zero-order chi connectivity index (χ0) is 25.1. The summed E-state index contributed by atoms with van der Waals surface area (Å²) < 4.78 is 6.74. The fourth-order valence-electron chi connectivity index (χ4n) is 4.44. The van der Waals surface area contributed by atoms with E-state index in [2.05, 4.69) is 122 Å². The fraction of sp³-hybridized carbons (Fsp3) is 0.419. The normalized spacial score (nSPS) is 14.1. The molecular weight excluding hydrogens is 450 g/mol. The summed E-state index contributed by atoms with van der Waals surface area (Å²) in [6.45, 7) is 21.5. The summed E-state index contributed by atoms with van der Waals surface area (Å²) in [6, 6.07) is 22.1. The van der Waals surface area contributed by atoms with Gasteiger partial charge in [0.15, 0.2) is 0 Å². The van der Waals surface area contributed by atoms with E-state index in [1.807, 2.05) is 0 Å². The van der Waals surface area contributed by atoms with Crippen molar-refractivity contribution in [2.24, 2.45) is 0 Å². The van der Waals surface area contributed by atoms with Crippen molar-refractivity contribution in [3.8, 4) is 5.75 Å². The van der Waals surface area contributed by atoms with Crippen LogP contribution in [0.15, 0.2) is 60.7 Å². The molecule has 3 rings (SSSR count). The van der Waals surface area contributed by atoms with Crippen molar-refractivity contribution >= 4 is 27.1 Å². The summed E-state index contributed by atoms with van der Waals surface area (Å²) in [6.07, 6.45) is 1.07. The zero-order valence-electron chi connectivity index (χ0n) is 22.5. The molecule has 0 saturated carbocycles. The van der Waals surface area contributed by atoms with E-state index in [0.29, 0.717) is 15.2 Å². The van der Waals surface area contributed by atoms with Gasteiger partial charge in [-0.25, -0.2) is 0 Å². The van der Waals surface area contributed by atoms with Crippen LogP contribution in [0.5, 0.6) is 5.75 Å². The van der Waals surface area contributed by atoms with E-state index >= 15 is 0 Å². The molecule has 0 N–H and O–H groups in total. The molecule has 0 spiro atoms. The average molecular weight is 493 g/mol. The third-order valence-corrected chi connectivity index (χ3v) is 10.3. The molecule has 0 bridgehead atoms. The van der Waals surface area contributed by atoms with E-state index in [1.165, 1.54) is 27.8 Å². The first-order chi connectivity index (χ1) is 16.0. The predicted octanol–water partition coefficient (Wildman–Crippen LogP) is 8.18. The van der Waals surface area contributed by atoms with Crippen molar-refractivity contribution in [2.45, 2.75) is 72.1 Å². The van der Waals surface area contributed by atoms with Crippen molar-refractivity contribution in [1.29, 1.82) is 0 Å². The highest BCUT2D eigenvalue weighted by Crippen LogP contribution is 2.51. The minimum atomic E-state index is -0.159. The van der Waals surface area contributed by atoms with Gasteiger partial charge in [-0.1, -0.05) is 117 Å². The van der Waals surface area contributed by atoms with E-state index in [-0.39, 0.29) is 18.5 Å². The summed E-state index contributed by atoms with van der Waals surface area (Å²) in [7, 11) is 0.537. The second kappa shape index (κ2) is 10.9. The lowest BCUT2D eigenvalue weighted by Gasteiger charge is -2.36. The van der Waals surface area contributed by atoms with Crippen LogP contribution >= 0.6 is 16.5 Å². The van der Waals surface area contributed by atoms with Gasteiger partial charge in [-0.3, -0.25) is 0 Å². The third-order valence-electron chi connectivity index (χ3n) is 6.70. The number of rotatable bonds is 8. The highest BCUT2D eigenvalue weighted by Gasteiger charge is 2.34. The monoisotopic (exact) mass is 492 g/mol. The van der Waals surface area contributed by atoms with Crippen LogP contribution in [-0.2, 0) is 17.2 Å². The van der Waals surface area contributed by atoms with Crippen LogP contribution in [0.3, 0.4) is 0 Å². The molecule has 0 aromatic heterocycles. The Labute approximate surface area is 211 Å². The van der Waals surface area contributed by atoms with Gasteiger partial charge in [0.2, 0.25) is 0 Å². The summed E-state index contributed by atoms with van der Waals surface area (Å²) >= 11 is 0. The smallest absolute Gasteiger partial charge is 0.127 e. The minimum Gasteiger partial charge on any atom is -0.488 e. The van der Waals surface area contributed by atoms with Crippen LogP contribution in [-0.4, -0.2) is 13.3 Å². The Balaban J connectivity index is 2.16. The molecule has 182 valence electrons. The number of benzene rings is 3. The lowest BCUT2D eigenvalue weighted by atomic mass is 9.81. The molecule has 0 heterocycles. The van der Waals surface area contributed by atoms with Gasteiger partial charge in [0, 0.05) is 16.3 Å². The Morgan fingerprint density at radius 2 is 1.50 bits per heavy atom. The van der Waals surface area contributed by atoms with Gasteiger partial charge in [-0.15, -0.1) is 0 Å². The van der Waals surface area contributed by atoms with Gasteiger partial charge >= 0.3 is 0 Å². The number of aryl methyl sites for hydroxylation is 2. The second-order valence-electron chi connectivity index (χ2n) is 10.9. The maximum atomic E-state index is 6.74. The molecule has 0 aliphatic heterocycles. The highest BCUT2D eigenvalue weighted by atomic mass is 31.1. The van der Waals surface area contributed by atoms with E-state index in [4.69, 9.17) is 4.74 Å². The molecule has 3 heteroatoms. The quantitative estimate of drug-likeness (QED) is 0.288. The fourth-order valence-corrected chi connectivity index (χ4v) is 7.82. The highest BCUT2D eigenvalue weighted by molar-refractivity contribution is 7.66. The van der Waals surface area contributed by atoms with Gasteiger partial charge in [0.05, 0.1) is 0 Å². The van der Waals surface area contributed by atoms with E-state index in [1.54, 1.807) is 10.6 Å². The summed E-state index contributed by atoms with van der Waals surface area (Å²) in [5, 5.41) is 3.10. The Hall–Kier alpha value is -1.68. The summed E-state index contributed by atoms with van der Waals surface area (Å²) in [5.41, 5.74) is 6.61. The largest absolute Gasteiger partial charge is 0.488 e. The molecule has 34 heavy (non-hydrogen) atoms. The van der Waals surface area contributed by atoms with Crippen LogP contribution in [0.1, 0.15) is 68.9 Å². The molecule has 3 aromatic carbocycles. The topological polar surface area (TPSA) is 9.23 Å². The van der Waals surface area contributed by atoms with Gasteiger partial charge < -0.3 is 4.74 Å². The molecule has 0 aliphatic carbocycles. The van der Waals surface area contributed by atoms with Crippen LogP contribution in [0, 0.1) is 13.8 Å². The molecular formula is C31H42OP2. The lowest BCUT2D eigenvalue weighted by molar-refractivity contribution is 0.291. The van der Waals surface area contributed by atoms with Crippen molar-refractivity contribution in [3.05, 3.63) is 88.5 Å². The molecule has 1 nitrogen and oxygen atoms in total. The Bertz CT molecular complexity index is 1110. The molecule has 2 atom stereocenters. The SMILES string of the molecule is CCC(C)(Pc1c(C)cccc1P(C)C)c1cc(C)cc(C(C)(C)C)c1OCc1ccccc1. The zero-order valence-corrected chi connectivity index (χ0v) is 24.4. The van der Waals surface area contributed by atoms with Crippen molar-refractivity contribution < 1.29 is 4.74 Å². The molecule has 3 aromatic rings. The Morgan fingerprint density at radius 1 is 0.853 bits per heavy atom. The molecule has 0 fully saturated rings. The van der Waals surface area contributed by atoms with E-state index in [0.717, 1.165) is 12.2 Å². The predicted molar refractivity (Wildman–Crippen MR) is 156 cm³/mol. The van der Waals surface area contributed by atoms with E-state index < -0.39 is 0 Å².